The largest absolute Gasteiger partial charge is 0.377 e. The maximum absolute atomic E-state index is 11.1. The second kappa shape index (κ2) is 10.2. The molecule has 2 saturated heterocycles. The summed E-state index contributed by atoms with van der Waals surface area (Å²) in [4.78, 5) is 12.8. The van der Waals surface area contributed by atoms with Gasteiger partial charge >= 0.3 is 0 Å². The zero-order valence-electron chi connectivity index (χ0n) is 14.2. The SMILES string of the molecule is CC(=O)N(C)CCOCC(COCC1CO1)OC1CCCCO1. The second-order valence-electron chi connectivity index (χ2n) is 6.06. The highest BCUT2D eigenvalue weighted by atomic mass is 16.7. The molecule has 0 aromatic heterocycles. The Hall–Kier alpha value is -0.730. The first-order valence-corrected chi connectivity index (χ1v) is 8.41. The minimum Gasteiger partial charge on any atom is -0.377 e. The average molecular weight is 331 g/mol. The summed E-state index contributed by atoms with van der Waals surface area (Å²) >= 11 is 0. The zero-order valence-corrected chi connectivity index (χ0v) is 14.2. The molecule has 2 aliphatic rings. The number of hydrogen-bond donors (Lipinski definition) is 0. The maximum Gasteiger partial charge on any atom is 0.219 e. The van der Waals surface area contributed by atoms with Gasteiger partial charge in [0.2, 0.25) is 5.91 Å². The summed E-state index contributed by atoms with van der Waals surface area (Å²) in [6.07, 6.45) is 3.03. The number of hydrogen-bond acceptors (Lipinski definition) is 6. The number of carbonyl (C=O) groups excluding carboxylic acids is 1. The lowest BCUT2D eigenvalue weighted by atomic mass is 10.2. The smallest absolute Gasteiger partial charge is 0.219 e. The second-order valence-corrected chi connectivity index (χ2v) is 6.06. The van der Waals surface area contributed by atoms with Crippen LogP contribution >= 0.6 is 0 Å². The summed E-state index contributed by atoms with van der Waals surface area (Å²) in [6.45, 7) is 5.60. The average Bonchev–Trinajstić information content (AvgIpc) is 3.36. The predicted molar refractivity (Wildman–Crippen MR) is 83.2 cm³/mol. The number of amides is 1. The van der Waals surface area contributed by atoms with Gasteiger partial charge in [0.05, 0.1) is 33.0 Å². The van der Waals surface area contributed by atoms with Gasteiger partial charge in [0.15, 0.2) is 6.29 Å². The molecule has 0 aromatic rings. The Kier molecular flexibility index (Phi) is 8.25. The molecule has 3 unspecified atom stereocenters. The molecule has 1 amide bonds. The fourth-order valence-electron chi connectivity index (χ4n) is 2.23. The van der Waals surface area contributed by atoms with E-state index in [0.29, 0.717) is 33.0 Å². The van der Waals surface area contributed by atoms with E-state index in [4.69, 9.17) is 23.7 Å². The number of carbonyl (C=O) groups is 1. The molecule has 7 nitrogen and oxygen atoms in total. The van der Waals surface area contributed by atoms with Crippen molar-refractivity contribution in [3.63, 3.8) is 0 Å². The summed E-state index contributed by atoms with van der Waals surface area (Å²) in [5.74, 6) is 0.0322. The molecule has 0 saturated carbocycles. The first kappa shape index (κ1) is 18.6. The molecule has 0 radical (unpaired) electrons. The van der Waals surface area contributed by atoms with Crippen LogP contribution in [0.5, 0.6) is 0 Å². The summed E-state index contributed by atoms with van der Waals surface area (Å²) in [5, 5.41) is 0. The lowest BCUT2D eigenvalue weighted by Crippen LogP contribution is -2.35. The van der Waals surface area contributed by atoms with Crippen molar-refractivity contribution in [2.75, 3.05) is 53.2 Å². The molecule has 7 heteroatoms. The lowest BCUT2D eigenvalue weighted by molar-refractivity contribution is -0.208. The maximum atomic E-state index is 11.1. The van der Waals surface area contributed by atoms with Gasteiger partial charge in [-0.3, -0.25) is 4.79 Å². The van der Waals surface area contributed by atoms with E-state index in [-0.39, 0.29) is 24.4 Å². The minimum absolute atomic E-state index is 0.0322. The van der Waals surface area contributed by atoms with Crippen LogP contribution in [-0.2, 0) is 28.5 Å². The number of epoxide rings is 1. The fraction of sp³-hybridized carbons (Fsp3) is 0.938. The van der Waals surface area contributed by atoms with E-state index >= 15 is 0 Å². The highest BCUT2D eigenvalue weighted by Gasteiger charge is 2.24. The summed E-state index contributed by atoms with van der Waals surface area (Å²) in [5.41, 5.74) is 0. The molecule has 0 spiro atoms. The highest BCUT2D eigenvalue weighted by molar-refractivity contribution is 5.72. The van der Waals surface area contributed by atoms with Gasteiger partial charge in [-0.15, -0.1) is 0 Å². The molecular weight excluding hydrogens is 302 g/mol. The van der Waals surface area contributed by atoms with Crippen LogP contribution in [0.3, 0.4) is 0 Å². The molecule has 2 fully saturated rings. The van der Waals surface area contributed by atoms with Crippen molar-refractivity contribution in [2.45, 2.75) is 44.7 Å². The van der Waals surface area contributed by atoms with Crippen molar-refractivity contribution in [3.8, 4) is 0 Å². The van der Waals surface area contributed by atoms with Gasteiger partial charge in [0.25, 0.3) is 0 Å². The number of likely N-dealkylation sites (N-methyl/N-ethyl adjacent to an activating group) is 1. The van der Waals surface area contributed by atoms with Crippen molar-refractivity contribution in [1.29, 1.82) is 0 Å². The van der Waals surface area contributed by atoms with Crippen LogP contribution in [0.15, 0.2) is 0 Å². The monoisotopic (exact) mass is 331 g/mol. The summed E-state index contributed by atoms with van der Waals surface area (Å²) < 4.78 is 28.0. The molecule has 2 rings (SSSR count). The first-order chi connectivity index (χ1) is 11.1. The number of ether oxygens (including phenoxy) is 5. The van der Waals surface area contributed by atoms with E-state index in [1.165, 1.54) is 0 Å². The Labute approximate surface area is 138 Å². The van der Waals surface area contributed by atoms with E-state index in [2.05, 4.69) is 0 Å². The van der Waals surface area contributed by atoms with E-state index in [0.717, 1.165) is 32.5 Å². The van der Waals surface area contributed by atoms with E-state index < -0.39 is 0 Å². The minimum atomic E-state index is -0.169. The van der Waals surface area contributed by atoms with Crippen LogP contribution in [0.25, 0.3) is 0 Å². The molecule has 0 N–H and O–H groups in total. The van der Waals surface area contributed by atoms with E-state index in [1.54, 1.807) is 18.9 Å². The van der Waals surface area contributed by atoms with Crippen molar-refractivity contribution in [3.05, 3.63) is 0 Å². The molecule has 3 atom stereocenters. The quantitative estimate of drug-likeness (QED) is 0.412. The third-order valence-electron chi connectivity index (χ3n) is 3.90. The Morgan fingerprint density at radius 1 is 1.26 bits per heavy atom. The molecule has 0 aliphatic carbocycles. The third-order valence-corrected chi connectivity index (χ3v) is 3.90. The van der Waals surface area contributed by atoms with Gasteiger partial charge in [-0.05, 0) is 19.3 Å². The standard InChI is InChI=1S/C16H29NO6/c1-13(18)17(2)6-8-19-10-15(11-20-9-14-12-22-14)23-16-5-3-4-7-21-16/h14-16H,3-12H2,1-2H3. The summed E-state index contributed by atoms with van der Waals surface area (Å²) in [6, 6.07) is 0. The first-order valence-electron chi connectivity index (χ1n) is 8.41. The van der Waals surface area contributed by atoms with Gasteiger partial charge in [-0.1, -0.05) is 0 Å². The van der Waals surface area contributed by atoms with Crippen LogP contribution < -0.4 is 0 Å². The van der Waals surface area contributed by atoms with Crippen molar-refractivity contribution >= 4 is 5.91 Å². The Bertz CT molecular complexity index is 343. The summed E-state index contributed by atoms with van der Waals surface area (Å²) in [7, 11) is 1.76. The Balaban J connectivity index is 1.64. The van der Waals surface area contributed by atoms with Crippen LogP contribution in [0.1, 0.15) is 26.2 Å². The third kappa shape index (κ3) is 8.08. The van der Waals surface area contributed by atoms with Gasteiger partial charge in [0.1, 0.15) is 12.2 Å². The topological polar surface area (TPSA) is 69.8 Å². The molecule has 134 valence electrons. The van der Waals surface area contributed by atoms with E-state index in [9.17, 15) is 4.79 Å². The fourth-order valence-corrected chi connectivity index (χ4v) is 2.23. The van der Waals surface area contributed by atoms with Crippen LogP contribution in [0.2, 0.25) is 0 Å². The Morgan fingerprint density at radius 3 is 2.70 bits per heavy atom. The van der Waals surface area contributed by atoms with Crippen LogP contribution in [0, 0.1) is 0 Å². The van der Waals surface area contributed by atoms with Gasteiger partial charge in [-0.25, -0.2) is 0 Å². The van der Waals surface area contributed by atoms with Crippen molar-refractivity contribution < 1.29 is 28.5 Å². The Morgan fingerprint density at radius 2 is 2.04 bits per heavy atom. The highest BCUT2D eigenvalue weighted by Crippen LogP contribution is 2.16. The molecular formula is C16H29NO6. The molecule has 0 bridgehead atoms. The molecule has 2 heterocycles. The lowest BCUT2D eigenvalue weighted by Gasteiger charge is -2.27. The van der Waals surface area contributed by atoms with Crippen LogP contribution in [-0.4, -0.2) is 82.5 Å². The molecule has 23 heavy (non-hydrogen) atoms. The van der Waals surface area contributed by atoms with Crippen molar-refractivity contribution in [2.24, 2.45) is 0 Å². The van der Waals surface area contributed by atoms with Crippen molar-refractivity contribution in [1.82, 2.24) is 4.90 Å². The molecule has 2 aliphatic heterocycles. The van der Waals surface area contributed by atoms with Crippen LogP contribution in [0.4, 0.5) is 0 Å². The zero-order chi connectivity index (χ0) is 16.5. The van der Waals surface area contributed by atoms with E-state index in [1.807, 2.05) is 0 Å². The van der Waals surface area contributed by atoms with Gasteiger partial charge < -0.3 is 28.6 Å². The van der Waals surface area contributed by atoms with Gasteiger partial charge in [-0.2, -0.15) is 0 Å². The van der Waals surface area contributed by atoms with Gasteiger partial charge in [0, 0.05) is 27.1 Å². The molecule has 0 aromatic carbocycles. The predicted octanol–water partition coefficient (Wildman–Crippen LogP) is 0.809. The normalized spacial score (nSPS) is 25.1. The number of rotatable bonds is 11. The number of nitrogens with zero attached hydrogens (tertiary/aromatic N) is 1.